The number of H-pyrrole nitrogens is 4. The lowest BCUT2D eigenvalue weighted by atomic mass is 10.0. The Hall–Kier alpha value is -5.60. The van der Waals surface area contributed by atoms with E-state index in [-0.39, 0.29) is 25.0 Å². The quantitative estimate of drug-likeness (QED) is 0.0493. The molecule has 4 aromatic rings. The maximum Gasteiger partial charge on any atom is 0.338 e. The number of carboxylic acids is 4. The average Bonchev–Trinajstić information content (AvgIpc) is 3.79. The van der Waals surface area contributed by atoms with Gasteiger partial charge in [0.25, 0.3) is 0 Å². The maximum atomic E-state index is 12.4. The fourth-order valence-electron chi connectivity index (χ4n) is 6.75. The standard InChI is InChI=1S/C39H49N5O9/c1-8-25-21(5)28(14-27-20(4)24(18-40-27)10-11-34(45)46)41-31(25)15-29-22(6)26(9-2)32(42-29)16-30-23(7)36(39(51)52)37(43-30)19(3)12-13-53-44-33(38(49)50)17-35(47)48/h8,16,18,33,40-44H,1,9-15,17H2,2-7H3,(H,45,46)(H,47,48)(H,49,50)(H,51,52)/t33-/m0/s1. The zero-order valence-corrected chi connectivity index (χ0v) is 31.0. The molecular formula is C39H49N5O9. The van der Waals surface area contributed by atoms with Crippen LogP contribution in [0.15, 0.2) is 12.8 Å². The topological polar surface area (TPSA) is 234 Å². The van der Waals surface area contributed by atoms with Crippen LogP contribution < -0.4 is 16.2 Å². The van der Waals surface area contributed by atoms with Gasteiger partial charge >= 0.3 is 23.9 Å². The number of aromatic amines is 4. The highest BCUT2D eigenvalue weighted by atomic mass is 16.6. The first-order chi connectivity index (χ1) is 25.1. The molecule has 0 amide bonds. The summed E-state index contributed by atoms with van der Waals surface area (Å²) < 4.78 is 0. The zero-order chi connectivity index (χ0) is 39.1. The van der Waals surface area contributed by atoms with Crippen molar-refractivity contribution in [2.45, 2.75) is 92.5 Å². The third kappa shape index (κ3) is 9.26. The molecular weight excluding hydrogens is 682 g/mol. The molecule has 0 saturated heterocycles. The Morgan fingerprint density at radius 1 is 0.868 bits per heavy atom. The Balaban J connectivity index is 1.63. The van der Waals surface area contributed by atoms with E-state index in [0.717, 1.165) is 68.3 Å². The number of hydroxylamine groups is 1. The first-order valence-corrected chi connectivity index (χ1v) is 17.4. The predicted molar refractivity (Wildman–Crippen MR) is 199 cm³/mol. The van der Waals surface area contributed by atoms with Gasteiger partial charge in [0, 0.05) is 59.3 Å². The average molecular weight is 732 g/mol. The van der Waals surface area contributed by atoms with Crippen molar-refractivity contribution in [2.75, 3.05) is 6.61 Å². The minimum atomic E-state index is -1.43. The number of aliphatic carboxylic acids is 3. The van der Waals surface area contributed by atoms with Gasteiger partial charge in [0.1, 0.15) is 6.04 Å². The summed E-state index contributed by atoms with van der Waals surface area (Å²) in [6.45, 7) is 15.8. The minimum Gasteiger partial charge on any atom is -0.481 e. The predicted octanol–water partition coefficient (Wildman–Crippen LogP) is 4.17. The smallest absolute Gasteiger partial charge is 0.338 e. The maximum absolute atomic E-state index is 12.4. The monoisotopic (exact) mass is 731 g/mol. The molecule has 0 aliphatic rings. The Labute approximate surface area is 306 Å². The molecule has 0 fully saturated rings. The molecule has 0 aliphatic carbocycles. The van der Waals surface area contributed by atoms with Gasteiger partial charge < -0.3 is 45.2 Å². The summed E-state index contributed by atoms with van der Waals surface area (Å²) in [5.74, 6) is -4.57. The third-order valence-corrected chi connectivity index (χ3v) is 9.93. The molecule has 4 heterocycles. The van der Waals surface area contributed by atoms with Crippen LogP contribution in [0.3, 0.4) is 0 Å². The molecule has 284 valence electrons. The van der Waals surface area contributed by atoms with E-state index in [0.29, 0.717) is 41.1 Å². The summed E-state index contributed by atoms with van der Waals surface area (Å²) in [6.07, 6.45) is 7.73. The summed E-state index contributed by atoms with van der Waals surface area (Å²) in [4.78, 5) is 64.8. The van der Waals surface area contributed by atoms with Crippen LogP contribution in [0.4, 0.5) is 0 Å². The number of carboxylic acid groups (broad SMARTS) is 4. The van der Waals surface area contributed by atoms with E-state index in [9.17, 15) is 29.4 Å². The van der Waals surface area contributed by atoms with E-state index in [4.69, 9.17) is 15.1 Å². The summed E-state index contributed by atoms with van der Waals surface area (Å²) in [6, 6.07) is -1.43. The van der Waals surface area contributed by atoms with Gasteiger partial charge in [-0.05, 0) is 104 Å². The van der Waals surface area contributed by atoms with Crippen molar-refractivity contribution in [1.29, 1.82) is 0 Å². The molecule has 0 radical (unpaired) electrons. The van der Waals surface area contributed by atoms with E-state index in [1.54, 1.807) is 13.8 Å². The summed E-state index contributed by atoms with van der Waals surface area (Å²) in [5.41, 5.74) is 14.9. The van der Waals surface area contributed by atoms with Gasteiger partial charge in [0.05, 0.1) is 23.9 Å². The van der Waals surface area contributed by atoms with Crippen molar-refractivity contribution in [3.63, 3.8) is 0 Å². The molecule has 1 atom stereocenters. The van der Waals surface area contributed by atoms with Crippen molar-refractivity contribution in [1.82, 2.24) is 25.4 Å². The Morgan fingerprint density at radius 3 is 2.15 bits per heavy atom. The number of rotatable bonds is 19. The Morgan fingerprint density at radius 2 is 1.55 bits per heavy atom. The summed E-state index contributed by atoms with van der Waals surface area (Å²) in [5, 5.41) is 38.4. The second-order valence-electron chi connectivity index (χ2n) is 13.3. The SMILES string of the molecule is C=Cc1c(Cc2[nH]c(C=c3[nH]c(=C(C)CCON[C@@H](CC(=O)O)C(=O)O)c(C(=O)O)c3C)c(CC)c2C)[nH]c(Cc2[nH]cc(CCC(=O)O)c2C)c1C. The summed E-state index contributed by atoms with van der Waals surface area (Å²) >= 11 is 0. The van der Waals surface area contributed by atoms with Crippen LogP contribution in [0.25, 0.3) is 17.7 Å². The molecule has 0 saturated carbocycles. The Bertz CT molecular complexity index is 2160. The number of hydrogen-bond donors (Lipinski definition) is 9. The molecule has 0 spiro atoms. The second-order valence-corrected chi connectivity index (χ2v) is 13.3. The van der Waals surface area contributed by atoms with Crippen LogP contribution in [0.5, 0.6) is 0 Å². The molecule has 0 unspecified atom stereocenters. The highest BCUT2D eigenvalue weighted by Crippen LogP contribution is 2.28. The van der Waals surface area contributed by atoms with Crippen LogP contribution in [0.2, 0.25) is 0 Å². The molecule has 4 aromatic heterocycles. The lowest BCUT2D eigenvalue weighted by Gasteiger charge is -2.12. The van der Waals surface area contributed by atoms with Gasteiger partial charge in [-0.25, -0.2) is 4.79 Å². The number of nitrogens with one attached hydrogen (secondary N) is 5. The third-order valence-electron chi connectivity index (χ3n) is 9.93. The second kappa shape index (κ2) is 17.3. The van der Waals surface area contributed by atoms with Gasteiger partial charge in [-0.3, -0.25) is 14.4 Å². The fourth-order valence-corrected chi connectivity index (χ4v) is 6.75. The molecule has 0 aliphatic heterocycles. The molecule has 14 nitrogen and oxygen atoms in total. The molecule has 14 heteroatoms. The van der Waals surface area contributed by atoms with Crippen LogP contribution >= 0.6 is 0 Å². The highest BCUT2D eigenvalue weighted by molar-refractivity contribution is 5.90. The zero-order valence-electron chi connectivity index (χ0n) is 31.0. The number of aryl methyl sites for hydroxylation is 1. The molecule has 4 rings (SSSR count). The van der Waals surface area contributed by atoms with Crippen molar-refractivity contribution < 1.29 is 44.4 Å². The Kier molecular flexibility index (Phi) is 13.1. The lowest BCUT2D eigenvalue weighted by molar-refractivity contribution is -0.150. The molecule has 9 N–H and O–H groups in total. The van der Waals surface area contributed by atoms with E-state index in [2.05, 4.69) is 52.8 Å². The van der Waals surface area contributed by atoms with E-state index < -0.39 is 36.3 Å². The van der Waals surface area contributed by atoms with Crippen molar-refractivity contribution in [3.05, 3.63) is 96.5 Å². The summed E-state index contributed by atoms with van der Waals surface area (Å²) in [7, 11) is 0. The number of hydrogen-bond acceptors (Lipinski definition) is 6. The number of carbonyl (C=O) groups is 4. The molecule has 0 aromatic carbocycles. The van der Waals surface area contributed by atoms with E-state index in [1.165, 1.54) is 0 Å². The van der Waals surface area contributed by atoms with Crippen LogP contribution in [-0.2, 0) is 44.9 Å². The first kappa shape index (κ1) is 40.2. The van der Waals surface area contributed by atoms with Crippen molar-refractivity contribution in [3.8, 4) is 0 Å². The minimum absolute atomic E-state index is 0.0182. The van der Waals surface area contributed by atoms with Crippen molar-refractivity contribution in [2.24, 2.45) is 0 Å². The van der Waals surface area contributed by atoms with Crippen LogP contribution in [0.1, 0.15) is 111 Å². The molecule has 0 bridgehead atoms. The van der Waals surface area contributed by atoms with Gasteiger partial charge in [-0.2, -0.15) is 5.48 Å². The van der Waals surface area contributed by atoms with Gasteiger partial charge in [-0.1, -0.05) is 19.6 Å². The van der Waals surface area contributed by atoms with Gasteiger partial charge in [-0.15, -0.1) is 0 Å². The van der Waals surface area contributed by atoms with Gasteiger partial charge in [0.2, 0.25) is 0 Å². The number of aromatic nitrogens is 4. The normalized spacial score (nSPS) is 13.0. The largest absolute Gasteiger partial charge is 0.481 e. The molecule has 53 heavy (non-hydrogen) atoms. The first-order valence-electron chi connectivity index (χ1n) is 17.4. The van der Waals surface area contributed by atoms with Gasteiger partial charge in [0.15, 0.2) is 0 Å². The number of aromatic carboxylic acids is 1. The fraction of sp³-hybridized carbons (Fsp3) is 0.385. The van der Waals surface area contributed by atoms with Crippen molar-refractivity contribution >= 4 is 41.6 Å². The van der Waals surface area contributed by atoms with E-state index >= 15 is 0 Å². The van der Waals surface area contributed by atoms with Crippen LogP contribution in [-0.4, -0.2) is 76.9 Å². The lowest BCUT2D eigenvalue weighted by Crippen LogP contribution is -2.38. The van der Waals surface area contributed by atoms with Crippen LogP contribution in [0, 0.1) is 27.7 Å². The van der Waals surface area contributed by atoms with E-state index in [1.807, 2.05) is 25.3 Å². The highest BCUT2D eigenvalue weighted by Gasteiger charge is 2.22.